The molecule has 2 aromatic carbocycles. The van der Waals surface area contributed by atoms with Crippen LogP contribution in [0.3, 0.4) is 0 Å². The Morgan fingerprint density at radius 1 is 1.24 bits per heavy atom. The van der Waals surface area contributed by atoms with Crippen molar-refractivity contribution in [3.63, 3.8) is 0 Å². The quantitative estimate of drug-likeness (QED) is 0.838. The zero-order chi connectivity index (χ0) is 15.4. The van der Waals surface area contributed by atoms with Crippen LogP contribution >= 0.6 is 23.2 Å². The van der Waals surface area contributed by atoms with E-state index in [0.717, 1.165) is 5.56 Å². The maximum atomic E-state index is 12.1. The molecule has 0 aromatic heterocycles. The summed E-state index contributed by atoms with van der Waals surface area (Å²) < 4.78 is 0. The van der Waals surface area contributed by atoms with E-state index in [1.54, 1.807) is 18.2 Å². The van der Waals surface area contributed by atoms with E-state index in [4.69, 9.17) is 28.9 Å². The predicted octanol–water partition coefficient (Wildman–Crippen LogP) is 3.94. The van der Waals surface area contributed by atoms with Crippen molar-refractivity contribution in [1.29, 1.82) is 0 Å². The van der Waals surface area contributed by atoms with E-state index in [1.807, 2.05) is 31.2 Å². The lowest BCUT2D eigenvalue weighted by atomic mass is 10.1. The summed E-state index contributed by atoms with van der Waals surface area (Å²) in [5.74, 6) is -0.173. The molecule has 0 spiro atoms. The number of nitrogens with two attached hydrogens (primary N) is 1. The molecule has 0 aliphatic rings. The molecular formula is C16H16Cl2N2O. The molecule has 0 fully saturated rings. The third kappa shape index (κ3) is 4.38. The standard InChI is InChI=1S/C16H16Cl2N2O/c1-10(7-11-3-2-4-13(17)8-11)20-16(21)12-5-6-14(18)15(19)9-12/h2-6,8-10H,7,19H2,1H3,(H,20,21). The lowest BCUT2D eigenvalue weighted by molar-refractivity contribution is 0.0940. The molecule has 0 saturated carbocycles. The van der Waals surface area contributed by atoms with Crippen LogP contribution in [-0.4, -0.2) is 11.9 Å². The summed E-state index contributed by atoms with van der Waals surface area (Å²) in [4.78, 5) is 12.1. The molecule has 0 aliphatic carbocycles. The zero-order valence-electron chi connectivity index (χ0n) is 11.6. The number of rotatable bonds is 4. The fourth-order valence-corrected chi connectivity index (χ4v) is 2.39. The summed E-state index contributed by atoms with van der Waals surface area (Å²) in [6, 6.07) is 12.4. The van der Waals surface area contributed by atoms with Crippen molar-refractivity contribution in [2.24, 2.45) is 0 Å². The predicted molar refractivity (Wildman–Crippen MR) is 87.9 cm³/mol. The molecule has 1 unspecified atom stereocenters. The average Bonchev–Trinajstić information content (AvgIpc) is 2.41. The Labute approximate surface area is 134 Å². The van der Waals surface area contributed by atoms with E-state index in [2.05, 4.69) is 5.32 Å². The van der Waals surface area contributed by atoms with Gasteiger partial charge in [-0.2, -0.15) is 0 Å². The lowest BCUT2D eigenvalue weighted by Gasteiger charge is -2.14. The fourth-order valence-electron chi connectivity index (χ4n) is 2.06. The van der Waals surface area contributed by atoms with Gasteiger partial charge in [0.15, 0.2) is 0 Å². The van der Waals surface area contributed by atoms with Gasteiger partial charge < -0.3 is 11.1 Å². The number of benzene rings is 2. The van der Waals surface area contributed by atoms with Gasteiger partial charge in [-0.25, -0.2) is 0 Å². The Morgan fingerprint density at radius 3 is 2.67 bits per heavy atom. The molecule has 3 nitrogen and oxygen atoms in total. The van der Waals surface area contributed by atoms with Crippen LogP contribution in [0.1, 0.15) is 22.8 Å². The first-order valence-electron chi connectivity index (χ1n) is 6.56. The normalized spacial score (nSPS) is 12.0. The molecule has 1 atom stereocenters. The Hall–Kier alpha value is -1.71. The van der Waals surface area contributed by atoms with Gasteiger partial charge in [0.25, 0.3) is 5.91 Å². The summed E-state index contributed by atoms with van der Waals surface area (Å²) >= 11 is 11.8. The fraction of sp³-hybridized carbons (Fsp3) is 0.188. The van der Waals surface area contributed by atoms with E-state index in [0.29, 0.717) is 27.7 Å². The number of nitrogen functional groups attached to an aromatic ring is 1. The molecule has 21 heavy (non-hydrogen) atoms. The first-order chi connectivity index (χ1) is 9.95. The highest BCUT2D eigenvalue weighted by Gasteiger charge is 2.11. The van der Waals surface area contributed by atoms with Crippen LogP contribution < -0.4 is 11.1 Å². The van der Waals surface area contributed by atoms with Gasteiger partial charge in [0.1, 0.15) is 0 Å². The lowest BCUT2D eigenvalue weighted by Crippen LogP contribution is -2.34. The molecule has 0 bridgehead atoms. The number of anilines is 1. The number of amides is 1. The van der Waals surface area contributed by atoms with Crippen molar-refractivity contribution in [1.82, 2.24) is 5.32 Å². The first kappa shape index (κ1) is 15.7. The van der Waals surface area contributed by atoms with Crippen LogP contribution in [0.25, 0.3) is 0 Å². The Bertz CT molecular complexity index is 658. The highest BCUT2D eigenvalue weighted by Crippen LogP contribution is 2.19. The highest BCUT2D eigenvalue weighted by atomic mass is 35.5. The Balaban J connectivity index is 2.00. The van der Waals surface area contributed by atoms with Crippen LogP contribution in [0, 0.1) is 0 Å². The smallest absolute Gasteiger partial charge is 0.251 e. The van der Waals surface area contributed by atoms with Crippen LogP contribution in [0.2, 0.25) is 10.0 Å². The van der Waals surface area contributed by atoms with E-state index in [1.165, 1.54) is 0 Å². The molecule has 0 radical (unpaired) electrons. The zero-order valence-corrected chi connectivity index (χ0v) is 13.1. The van der Waals surface area contributed by atoms with Crippen molar-refractivity contribution in [2.45, 2.75) is 19.4 Å². The third-order valence-electron chi connectivity index (χ3n) is 3.07. The van der Waals surface area contributed by atoms with Crippen molar-refractivity contribution in [2.75, 3.05) is 5.73 Å². The van der Waals surface area contributed by atoms with Crippen molar-refractivity contribution < 1.29 is 4.79 Å². The van der Waals surface area contributed by atoms with E-state index in [-0.39, 0.29) is 11.9 Å². The summed E-state index contributed by atoms with van der Waals surface area (Å²) in [6.45, 7) is 1.94. The van der Waals surface area contributed by atoms with Crippen molar-refractivity contribution in [3.8, 4) is 0 Å². The van der Waals surface area contributed by atoms with Crippen molar-refractivity contribution >= 4 is 34.8 Å². The molecule has 2 aromatic rings. The minimum Gasteiger partial charge on any atom is -0.398 e. The number of halogens is 2. The summed E-state index contributed by atoms with van der Waals surface area (Å²) in [7, 11) is 0. The number of carbonyl (C=O) groups is 1. The first-order valence-corrected chi connectivity index (χ1v) is 7.31. The summed E-state index contributed by atoms with van der Waals surface area (Å²) in [6.07, 6.45) is 0.704. The maximum Gasteiger partial charge on any atom is 0.251 e. The SMILES string of the molecule is CC(Cc1cccc(Cl)c1)NC(=O)c1ccc(Cl)c(N)c1. The highest BCUT2D eigenvalue weighted by molar-refractivity contribution is 6.33. The minimum atomic E-state index is -0.173. The molecule has 0 saturated heterocycles. The number of hydrogen-bond acceptors (Lipinski definition) is 2. The topological polar surface area (TPSA) is 55.1 Å². The molecule has 5 heteroatoms. The molecule has 0 heterocycles. The second-order valence-electron chi connectivity index (χ2n) is 4.94. The molecule has 110 valence electrons. The van der Waals surface area contributed by atoms with Gasteiger partial charge in [0.05, 0.1) is 10.7 Å². The van der Waals surface area contributed by atoms with Crippen LogP contribution in [0.15, 0.2) is 42.5 Å². The van der Waals surface area contributed by atoms with Gasteiger partial charge in [0, 0.05) is 16.6 Å². The largest absolute Gasteiger partial charge is 0.398 e. The minimum absolute atomic E-state index is 0.0205. The third-order valence-corrected chi connectivity index (χ3v) is 3.65. The Kier molecular flexibility index (Phi) is 5.10. The van der Waals surface area contributed by atoms with Gasteiger partial charge in [-0.3, -0.25) is 4.79 Å². The monoisotopic (exact) mass is 322 g/mol. The molecule has 1 amide bonds. The average molecular weight is 323 g/mol. The summed E-state index contributed by atoms with van der Waals surface area (Å²) in [5.41, 5.74) is 7.67. The second-order valence-corrected chi connectivity index (χ2v) is 5.79. The molecule has 0 aliphatic heterocycles. The van der Waals surface area contributed by atoms with Gasteiger partial charge in [-0.05, 0) is 49.2 Å². The van der Waals surface area contributed by atoms with Crippen molar-refractivity contribution in [3.05, 3.63) is 63.6 Å². The molecular weight excluding hydrogens is 307 g/mol. The summed E-state index contributed by atoms with van der Waals surface area (Å²) in [5, 5.41) is 4.06. The molecule has 3 N–H and O–H groups in total. The van der Waals surface area contributed by atoms with Gasteiger partial charge in [0.2, 0.25) is 0 Å². The van der Waals surface area contributed by atoms with Gasteiger partial charge in [-0.15, -0.1) is 0 Å². The van der Waals surface area contributed by atoms with Gasteiger partial charge >= 0.3 is 0 Å². The van der Waals surface area contributed by atoms with Crippen LogP contribution in [0.5, 0.6) is 0 Å². The number of nitrogens with one attached hydrogen (secondary N) is 1. The number of hydrogen-bond donors (Lipinski definition) is 2. The van der Waals surface area contributed by atoms with E-state index < -0.39 is 0 Å². The maximum absolute atomic E-state index is 12.1. The van der Waals surface area contributed by atoms with Gasteiger partial charge in [-0.1, -0.05) is 35.3 Å². The van der Waals surface area contributed by atoms with E-state index in [9.17, 15) is 4.79 Å². The Morgan fingerprint density at radius 2 is 2.00 bits per heavy atom. The number of carbonyl (C=O) groups excluding carboxylic acids is 1. The second kappa shape index (κ2) is 6.83. The van der Waals surface area contributed by atoms with E-state index >= 15 is 0 Å². The van der Waals surface area contributed by atoms with Crippen LogP contribution in [0.4, 0.5) is 5.69 Å². The van der Waals surface area contributed by atoms with Crippen LogP contribution in [-0.2, 0) is 6.42 Å². The molecule has 2 rings (SSSR count).